The molecule has 2 rings (SSSR count). The van der Waals surface area contributed by atoms with E-state index in [2.05, 4.69) is 17.1 Å². The van der Waals surface area contributed by atoms with Crippen LogP contribution in [0.1, 0.15) is 39.0 Å². The zero-order chi connectivity index (χ0) is 12.8. The number of rotatable bonds is 6. The second-order valence-electron chi connectivity index (χ2n) is 5.49. The van der Waals surface area contributed by atoms with Gasteiger partial charge in [0.1, 0.15) is 0 Å². The van der Waals surface area contributed by atoms with Crippen molar-refractivity contribution >= 4 is 5.91 Å². The number of ether oxygens (including phenoxy) is 1. The van der Waals surface area contributed by atoms with E-state index in [4.69, 9.17) is 4.74 Å². The Bertz CT molecular complexity index is 265. The molecule has 2 aliphatic heterocycles. The summed E-state index contributed by atoms with van der Waals surface area (Å²) in [5, 5.41) is 3.36. The molecule has 0 aromatic heterocycles. The molecule has 2 atom stereocenters. The summed E-state index contributed by atoms with van der Waals surface area (Å²) >= 11 is 0. The third-order valence-corrected chi connectivity index (χ3v) is 4.00. The minimum absolute atomic E-state index is 0.0681. The van der Waals surface area contributed by atoms with Crippen molar-refractivity contribution in [3.05, 3.63) is 0 Å². The van der Waals surface area contributed by atoms with Crippen LogP contribution in [0.5, 0.6) is 0 Å². The van der Waals surface area contributed by atoms with Crippen molar-refractivity contribution in [1.82, 2.24) is 10.2 Å². The van der Waals surface area contributed by atoms with E-state index in [-0.39, 0.29) is 6.04 Å². The Hall–Kier alpha value is -0.610. The van der Waals surface area contributed by atoms with E-state index < -0.39 is 0 Å². The minimum atomic E-state index is 0.0681. The first kappa shape index (κ1) is 13.8. The van der Waals surface area contributed by atoms with Gasteiger partial charge in [-0.15, -0.1) is 0 Å². The molecule has 18 heavy (non-hydrogen) atoms. The number of likely N-dealkylation sites (tertiary alicyclic amines) is 1. The highest BCUT2D eigenvalue weighted by atomic mass is 16.5. The summed E-state index contributed by atoms with van der Waals surface area (Å²) in [5.74, 6) is 0.982. The van der Waals surface area contributed by atoms with Crippen molar-refractivity contribution in [2.75, 3.05) is 32.8 Å². The maximum Gasteiger partial charge on any atom is 0.239 e. The van der Waals surface area contributed by atoms with E-state index in [9.17, 15) is 4.79 Å². The van der Waals surface area contributed by atoms with E-state index in [1.54, 1.807) is 0 Å². The van der Waals surface area contributed by atoms with E-state index in [1.807, 2.05) is 0 Å². The van der Waals surface area contributed by atoms with Crippen molar-refractivity contribution in [3.63, 3.8) is 0 Å². The molecular weight excluding hydrogens is 228 g/mol. The lowest BCUT2D eigenvalue weighted by Gasteiger charge is -2.33. The molecule has 0 saturated carbocycles. The predicted molar refractivity (Wildman–Crippen MR) is 71.4 cm³/mol. The Morgan fingerprint density at radius 3 is 3.06 bits per heavy atom. The second kappa shape index (κ2) is 7.10. The number of nitrogens with zero attached hydrogens (tertiary/aromatic N) is 1. The number of carbonyl (C=O) groups is 1. The summed E-state index contributed by atoms with van der Waals surface area (Å²) in [6.07, 6.45) is 5.49. The zero-order valence-electron chi connectivity index (χ0n) is 11.5. The van der Waals surface area contributed by atoms with Gasteiger partial charge in [-0.25, -0.2) is 0 Å². The Morgan fingerprint density at radius 1 is 1.44 bits per heavy atom. The van der Waals surface area contributed by atoms with Gasteiger partial charge in [-0.3, -0.25) is 4.79 Å². The Kier molecular flexibility index (Phi) is 5.45. The maximum absolute atomic E-state index is 12.3. The normalized spacial score (nSPS) is 28.9. The molecular formula is C14H26N2O2. The van der Waals surface area contributed by atoms with Gasteiger partial charge in [0.2, 0.25) is 5.91 Å². The maximum atomic E-state index is 12.3. The fourth-order valence-electron chi connectivity index (χ4n) is 2.82. The van der Waals surface area contributed by atoms with Crippen molar-refractivity contribution < 1.29 is 9.53 Å². The number of amides is 1. The first-order chi connectivity index (χ1) is 8.81. The number of nitrogens with one attached hydrogen (secondary N) is 1. The van der Waals surface area contributed by atoms with Crippen LogP contribution in [0.2, 0.25) is 0 Å². The Balaban J connectivity index is 1.74. The van der Waals surface area contributed by atoms with Gasteiger partial charge < -0.3 is 15.0 Å². The lowest BCUT2D eigenvalue weighted by atomic mass is 10.0. The van der Waals surface area contributed by atoms with Crippen LogP contribution >= 0.6 is 0 Å². The first-order valence-corrected chi connectivity index (χ1v) is 7.41. The first-order valence-electron chi connectivity index (χ1n) is 7.41. The number of hydrogen-bond donors (Lipinski definition) is 1. The molecule has 0 aliphatic carbocycles. The summed E-state index contributed by atoms with van der Waals surface area (Å²) in [5.41, 5.74) is 0. The van der Waals surface area contributed by atoms with Crippen LogP contribution in [-0.2, 0) is 9.53 Å². The van der Waals surface area contributed by atoms with Crippen LogP contribution in [0.3, 0.4) is 0 Å². The molecule has 4 heteroatoms. The van der Waals surface area contributed by atoms with Gasteiger partial charge in [0, 0.05) is 26.3 Å². The van der Waals surface area contributed by atoms with Gasteiger partial charge >= 0.3 is 0 Å². The molecule has 2 aliphatic rings. The van der Waals surface area contributed by atoms with Crippen LogP contribution in [0.15, 0.2) is 0 Å². The van der Waals surface area contributed by atoms with Gasteiger partial charge in [-0.2, -0.15) is 0 Å². The molecule has 0 aromatic rings. The number of carbonyl (C=O) groups excluding carboxylic acids is 1. The second-order valence-corrected chi connectivity index (χ2v) is 5.49. The smallest absolute Gasteiger partial charge is 0.239 e. The SMILES string of the molecule is CCCNC1CCCN(CCC2CCOC2)C1=O. The van der Waals surface area contributed by atoms with Gasteiger partial charge in [0.15, 0.2) is 0 Å². The topological polar surface area (TPSA) is 41.6 Å². The summed E-state index contributed by atoms with van der Waals surface area (Å²) in [6.45, 7) is 6.73. The molecule has 2 fully saturated rings. The molecule has 2 heterocycles. The van der Waals surface area contributed by atoms with Crippen molar-refractivity contribution in [3.8, 4) is 0 Å². The zero-order valence-corrected chi connectivity index (χ0v) is 11.5. The molecule has 1 amide bonds. The van der Waals surface area contributed by atoms with E-state index >= 15 is 0 Å². The predicted octanol–water partition coefficient (Wildman–Crippen LogP) is 1.40. The highest BCUT2D eigenvalue weighted by Gasteiger charge is 2.28. The van der Waals surface area contributed by atoms with Crippen LogP contribution in [-0.4, -0.2) is 49.7 Å². The van der Waals surface area contributed by atoms with Crippen LogP contribution in [0.25, 0.3) is 0 Å². The fourth-order valence-corrected chi connectivity index (χ4v) is 2.82. The number of piperidine rings is 1. The summed E-state index contributed by atoms with van der Waals surface area (Å²) < 4.78 is 5.38. The molecule has 2 unspecified atom stereocenters. The average Bonchev–Trinajstić information content (AvgIpc) is 2.89. The van der Waals surface area contributed by atoms with Gasteiger partial charge in [0.05, 0.1) is 6.04 Å². The molecule has 0 aromatic carbocycles. The third-order valence-electron chi connectivity index (χ3n) is 4.00. The van der Waals surface area contributed by atoms with Crippen molar-refractivity contribution in [2.24, 2.45) is 5.92 Å². The lowest BCUT2D eigenvalue weighted by molar-refractivity contribution is -0.136. The molecule has 0 radical (unpaired) electrons. The summed E-state index contributed by atoms with van der Waals surface area (Å²) in [7, 11) is 0. The van der Waals surface area contributed by atoms with Crippen LogP contribution < -0.4 is 5.32 Å². The van der Waals surface area contributed by atoms with E-state index in [0.717, 1.165) is 58.5 Å². The highest BCUT2D eigenvalue weighted by Crippen LogP contribution is 2.19. The monoisotopic (exact) mass is 254 g/mol. The molecule has 0 bridgehead atoms. The summed E-state index contributed by atoms with van der Waals surface area (Å²) in [4.78, 5) is 14.3. The lowest BCUT2D eigenvalue weighted by Crippen LogP contribution is -2.51. The largest absolute Gasteiger partial charge is 0.381 e. The quantitative estimate of drug-likeness (QED) is 0.779. The molecule has 4 nitrogen and oxygen atoms in total. The Labute approximate surface area is 110 Å². The fraction of sp³-hybridized carbons (Fsp3) is 0.929. The number of hydrogen-bond acceptors (Lipinski definition) is 3. The van der Waals surface area contributed by atoms with Crippen LogP contribution in [0, 0.1) is 5.92 Å². The third kappa shape index (κ3) is 3.69. The van der Waals surface area contributed by atoms with Crippen LogP contribution in [0.4, 0.5) is 0 Å². The van der Waals surface area contributed by atoms with E-state index in [1.165, 1.54) is 6.42 Å². The van der Waals surface area contributed by atoms with E-state index in [0.29, 0.717) is 11.8 Å². The van der Waals surface area contributed by atoms with Crippen molar-refractivity contribution in [2.45, 2.75) is 45.1 Å². The molecule has 104 valence electrons. The highest BCUT2D eigenvalue weighted by molar-refractivity contribution is 5.82. The average molecular weight is 254 g/mol. The molecule has 1 N–H and O–H groups in total. The summed E-state index contributed by atoms with van der Waals surface area (Å²) in [6, 6.07) is 0.0681. The van der Waals surface area contributed by atoms with Gasteiger partial charge in [0.25, 0.3) is 0 Å². The standard InChI is InChI=1S/C14H26N2O2/c1-2-7-15-13-4-3-8-16(14(13)17)9-5-12-6-10-18-11-12/h12-13,15H,2-11H2,1H3. The van der Waals surface area contributed by atoms with Gasteiger partial charge in [-0.1, -0.05) is 6.92 Å². The molecule has 2 saturated heterocycles. The van der Waals surface area contributed by atoms with Gasteiger partial charge in [-0.05, 0) is 44.6 Å². The minimum Gasteiger partial charge on any atom is -0.381 e. The van der Waals surface area contributed by atoms with Crippen molar-refractivity contribution in [1.29, 1.82) is 0 Å². The molecule has 0 spiro atoms. The Morgan fingerprint density at radius 2 is 2.33 bits per heavy atom.